The van der Waals surface area contributed by atoms with E-state index < -0.39 is 22.3 Å². The molecule has 1 aliphatic carbocycles. The van der Waals surface area contributed by atoms with Crippen molar-refractivity contribution >= 4 is 38.5 Å². The number of halogens is 3. The Kier molecular flexibility index (Phi) is 8.95. The van der Waals surface area contributed by atoms with Crippen molar-refractivity contribution in [3.63, 3.8) is 0 Å². The molecule has 0 radical (unpaired) electrons. The summed E-state index contributed by atoms with van der Waals surface area (Å²) >= 11 is 1.16. The van der Waals surface area contributed by atoms with E-state index in [-0.39, 0.29) is 6.61 Å². The van der Waals surface area contributed by atoms with Gasteiger partial charge in [0.25, 0.3) is 10.1 Å². The Bertz CT molecular complexity index is 1300. The first-order chi connectivity index (χ1) is 16.9. The number of fused-ring (bicyclic) bond motifs is 1. The Hall–Kier alpha value is -2.71. The van der Waals surface area contributed by atoms with Crippen LogP contribution in [-0.2, 0) is 32.2 Å². The van der Waals surface area contributed by atoms with Gasteiger partial charge in [-0.05, 0) is 36.4 Å². The molecule has 0 aliphatic heterocycles. The van der Waals surface area contributed by atoms with Gasteiger partial charge in [0.05, 0.1) is 18.9 Å². The van der Waals surface area contributed by atoms with E-state index in [0.29, 0.717) is 16.7 Å². The normalized spacial score (nSPS) is 14.9. The average Bonchev–Trinajstić information content (AvgIpc) is 3.42. The molecule has 4 rings (SSSR count). The number of rotatable bonds is 7. The molecule has 1 fully saturated rings. The highest BCUT2D eigenvalue weighted by molar-refractivity contribution is 7.85. The van der Waals surface area contributed by atoms with Gasteiger partial charge < -0.3 is 14.4 Å². The second kappa shape index (κ2) is 11.6. The van der Waals surface area contributed by atoms with E-state index in [1.54, 1.807) is 7.11 Å². The lowest BCUT2D eigenvalue weighted by atomic mass is 9.89. The smallest absolute Gasteiger partial charge is 0.490 e. The van der Waals surface area contributed by atoms with Gasteiger partial charge >= 0.3 is 12.1 Å². The second-order valence-corrected chi connectivity index (χ2v) is 10.8. The first kappa shape index (κ1) is 27.9. The maximum atomic E-state index is 11.2. The fraction of sp³-hybridized carbons (Fsp3) is 0.500. The minimum absolute atomic E-state index is 0.0967. The highest BCUT2D eigenvalue weighted by atomic mass is 32.2. The van der Waals surface area contributed by atoms with E-state index >= 15 is 0 Å². The maximum Gasteiger partial charge on any atom is 0.490 e. The number of hydrogen-bond donors (Lipinski definition) is 1. The number of aromatic nitrogens is 3. The SMILES string of the molecule is COc1cccc2c(-c3nsc(COS(C)(=O)=O)n3)cn(CC3CCCCC3)c12.O=C(O)C(F)(F)F. The van der Waals surface area contributed by atoms with Crippen LogP contribution in [-0.4, -0.2) is 53.0 Å². The number of hydrogen-bond acceptors (Lipinski definition) is 8. The van der Waals surface area contributed by atoms with Gasteiger partial charge in [-0.3, -0.25) is 4.18 Å². The van der Waals surface area contributed by atoms with Crippen LogP contribution in [0, 0.1) is 5.92 Å². The zero-order chi connectivity index (χ0) is 26.5. The summed E-state index contributed by atoms with van der Waals surface area (Å²) in [7, 11) is -1.83. The lowest BCUT2D eigenvalue weighted by molar-refractivity contribution is -0.192. The molecule has 0 saturated heterocycles. The van der Waals surface area contributed by atoms with Gasteiger partial charge in [-0.15, -0.1) is 0 Å². The number of methoxy groups -OCH3 is 1. The number of alkyl halides is 3. The number of carboxylic acid groups (broad SMARTS) is 1. The molecule has 9 nitrogen and oxygen atoms in total. The first-order valence-electron chi connectivity index (χ1n) is 11.0. The lowest BCUT2D eigenvalue weighted by Crippen LogP contribution is -2.21. The van der Waals surface area contributed by atoms with E-state index in [2.05, 4.69) is 26.2 Å². The molecule has 1 aliphatic rings. The van der Waals surface area contributed by atoms with Gasteiger partial charge in [-0.1, -0.05) is 31.4 Å². The number of ether oxygens (including phenoxy) is 1. The van der Waals surface area contributed by atoms with E-state index in [1.807, 2.05) is 12.1 Å². The summed E-state index contributed by atoms with van der Waals surface area (Å²) in [6.07, 6.45) is 4.48. The zero-order valence-electron chi connectivity index (χ0n) is 19.6. The summed E-state index contributed by atoms with van der Waals surface area (Å²) in [5.74, 6) is -0.671. The van der Waals surface area contributed by atoms with Crippen molar-refractivity contribution in [2.75, 3.05) is 13.4 Å². The third kappa shape index (κ3) is 7.40. The summed E-state index contributed by atoms with van der Waals surface area (Å²) in [5.41, 5.74) is 1.98. The van der Waals surface area contributed by atoms with Crippen LogP contribution in [0.25, 0.3) is 22.3 Å². The van der Waals surface area contributed by atoms with Crippen molar-refractivity contribution in [1.29, 1.82) is 0 Å². The van der Waals surface area contributed by atoms with Crippen molar-refractivity contribution in [2.45, 2.75) is 51.4 Å². The van der Waals surface area contributed by atoms with Crippen molar-refractivity contribution in [2.24, 2.45) is 5.92 Å². The minimum atomic E-state index is -5.08. The summed E-state index contributed by atoms with van der Waals surface area (Å²) in [5, 5.41) is 8.69. The molecule has 0 spiro atoms. The molecule has 198 valence electrons. The van der Waals surface area contributed by atoms with Crippen LogP contribution in [0.4, 0.5) is 13.2 Å². The number of carbonyl (C=O) groups is 1. The molecule has 2 heterocycles. The standard InChI is InChI=1S/C20H25N3O4S2.C2HF3O2/c1-26-17-10-6-9-15-16(20-21-18(28-22-20)13-27-29(2,24)25)12-23(19(15)17)11-14-7-4-3-5-8-14;3-2(4,5)1(6)7/h6,9-10,12,14H,3-5,7-8,11,13H2,1-2H3;(H,6,7). The third-order valence-corrected chi connectivity index (χ3v) is 6.84. The zero-order valence-corrected chi connectivity index (χ0v) is 21.2. The molecule has 0 amide bonds. The van der Waals surface area contributed by atoms with Crippen LogP contribution in [0.1, 0.15) is 37.1 Å². The van der Waals surface area contributed by atoms with Gasteiger partial charge in [0.2, 0.25) is 0 Å². The van der Waals surface area contributed by atoms with Crippen LogP contribution in [0.15, 0.2) is 24.4 Å². The van der Waals surface area contributed by atoms with E-state index in [0.717, 1.165) is 46.5 Å². The van der Waals surface area contributed by atoms with Crippen LogP contribution in [0.5, 0.6) is 5.75 Å². The van der Waals surface area contributed by atoms with Crippen molar-refractivity contribution in [3.8, 4) is 17.1 Å². The summed E-state index contributed by atoms with van der Waals surface area (Å²) in [6.45, 7) is 0.853. The lowest BCUT2D eigenvalue weighted by Gasteiger charge is -2.22. The van der Waals surface area contributed by atoms with E-state index in [4.69, 9.17) is 18.8 Å². The fourth-order valence-electron chi connectivity index (χ4n) is 4.04. The second-order valence-electron chi connectivity index (χ2n) is 8.34. The molecular formula is C22H26F3N3O6S2. The first-order valence-corrected chi connectivity index (χ1v) is 13.6. The summed E-state index contributed by atoms with van der Waals surface area (Å²) < 4.78 is 71.4. The van der Waals surface area contributed by atoms with Gasteiger partial charge in [-0.2, -0.15) is 26.0 Å². The molecule has 1 N–H and O–H groups in total. The number of nitrogens with zero attached hydrogens (tertiary/aromatic N) is 3. The molecule has 0 atom stereocenters. The minimum Gasteiger partial charge on any atom is -0.495 e. The third-order valence-electron chi connectivity index (χ3n) is 5.61. The Morgan fingerprint density at radius 1 is 1.25 bits per heavy atom. The average molecular weight is 550 g/mol. The maximum absolute atomic E-state index is 11.2. The number of benzene rings is 1. The molecule has 3 aromatic rings. The highest BCUT2D eigenvalue weighted by Crippen LogP contribution is 2.36. The number of carboxylic acids is 1. The predicted molar refractivity (Wildman–Crippen MR) is 127 cm³/mol. The van der Waals surface area contributed by atoms with Gasteiger partial charge in [0, 0.05) is 23.7 Å². The van der Waals surface area contributed by atoms with Crippen molar-refractivity contribution in [1.82, 2.24) is 13.9 Å². The molecule has 1 saturated carbocycles. The molecule has 0 unspecified atom stereocenters. The van der Waals surface area contributed by atoms with Gasteiger partial charge in [0.1, 0.15) is 17.4 Å². The van der Waals surface area contributed by atoms with Crippen LogP contribution in [0.2, 0.25) is 0 Å². The summed E-state index contributed by atoms with van der Waals surface area (Å²) in [6, 6.07) is 6.00. The van der Waals surface area contributed by atoms with Crippen LogP contribution in [0.3, 0.4) is 0 Å². The Labute approximate surface area is 210 Å². The van der Waals surface area contributed by atoms with E-state index in [9.17, 15) is 21.6 Å². The molecule has 36 heavy (non-hydrogen) atoms. The van der Waals surface area contributed by atoms with Crippen LogP contribution >= 0.6 is 11.5 Å². The van der Waals surface area contributed by atoms with Gasteiger partial charge in [-0.25, -0.2) is 9.78 Å². The summed E-state index contributed by atoms with van der Waals surface area (Å²) in [4.78, 5) is 13.4. The number of para-hydroxylation sites is 1. The Balaban J connectivity index is 0.000000454. The monoisotopic (exact) mass is 549 g/mol. The van der Waals surface area contributed by atoms with Gasteiger partial charge in [0.15, 0.2) is 5.82 Å². The van der Waals surface area contributed by atoms with E-state index in [1.165, 1.54) is 32.1 Å². The fourth-order valence-corrected chi connectivity index (χ4v) is 5.01. The van der Waals surface area contributed by atoms with Crippen LogP contribution < -0.4 is 4.74 Å². The highest BCUT2D eigenvalue weighted by Gasteiger charge is 2.38. The molecule has 2 aromatic heterocycles. The quantitative estimate of drug-likeness (QED) is 0.415. The molecule has 14 heteroatoms. The Morgan fingerprint density at radius 3 is 2.50 bits per heavy atom. The topological polar surface area (TPSA) is 121 Å². The Morgan fingerprint density at radius 2 is 1.92 bits per heavy atom. The molecule has 0 bridgehead atoms. The van der Waals surface area contributed by atoms with Crippen molar-refractivity contribution in [3.05, 3.63) is 29.4 Å². The molecular weight excluding hydrogens is 523 g/mol. The largest absolute Gasteiger partial charge is 0.495 e. The number of aliphatic carboxylic acids is 1. The molecule has 1 aromatic carbocycles. The predicted octanol–water partition coefficient (Wildman–Crippen LogP) is 4.86. The van der Waals surface area contributed by atoms with Crippen molar-refractivity contribution < 1.29 is 40.4 Å².